The molecule has 3 aromatic carbocycles. The van der Waals surface area contributed by atoms with Crippen LogP contribution in [0.5, 0.6) is 0 Å². The predicted octanol–water partition coefficient (Wildman–Crippen LogP) is 5.01. The number of benzene rings is 3. The summed E-state index contributed by atoms with van der Waals surface area (Å²) in [6.45, 7) is 3.79. The minimum Gasteiger partial charge on any atom is -0.465 e. The Morgan fingerprint density at radius 1 is 0.750 bits per heavy atom. The molecule has 0 unspecified atom stereocenters. The topological polar surface area (TPSA) is 70.4 Å². The summed E-state index contributed by atoms with van der Waals surface area (Å²) in [4.78, 5) is 29.8. The fraction of sp³-hybridized carbons (Fsp3) is 0.233. The molecule has 4 rings (SSSR count). The van der Waals surface area contributed by atoms with Gasteiger partial charge >= 0.3 is 11.9 Å². The lowest BCUT2D eigenvalue weighted by molar-refractivity contribution is -0.161. The Hall–Kier alpha value is -4.19. The van der Waals surface area contributed by atoms with Crippen molar-refractivity contribution < 1.29 is 19.1 Å². The average molecular weight is 483 g/mol. The Balaban J connectivity index is 1.86. The zero-order valence-electron chi connectivity index (χ0n) is 20.5. The second kappa shape index (κ2) is 11.5. The van der Waals surface area contributed by atoms with Crippen LogP contribution < -0.4 is 0 Å². The molecule has 1 heterocycles. The van der Waals surface area contributed by atoms with E-state index >= 15 is 0 Å². The number of aromatic nitrogens is 2. The van der Waals surface area contributed by atoms with Gasteiger partial charge in [-0.3, -0.25) is 9.59 Å². The smallest absolute Gasteiger partial charge is 0.320 e. The molecule has 0 aliphatic rings. The highest BCUT2D eigenvalue weighted by atomic mass is 16.6. The maximum absolute atomic E-state index is 12.6. The van der Waals surface area contributed by atoms with E-state index < -0.39 is 23.4 Å². The van der Waals surface area contributed by atoms with Crippen molar-refractivity contribution in [3.8, 4) is 0 Å². The first-order valence-electron chi connectivity index (χ1n) is 12.1. The molecule has 0 amide bonds. The van der Waals surface area contributed by atoms with Crippen LogP contribution in [0.3, 0.4) is 0 Å². The van der Waals surface area contributed by atoms with Crippen molar-refractivity contribution in [2.45, 2.75) is 25.8 Å². The van der Waals surface area contributed by atoms with Crippen molar-refractivity contribution in [2.24, 2.45) is 5.92 Å². The van der Waals surface area contributed by atoms with Crippen LogP contribution in [-0.4, -0.2) is 34.7 Å². The highest BCUT2D eigenvalue weighted by molar-refractivity contribution is 5.95. The number of imidazole rings is 1. The molecule has 0 bridgehead atoms. The maximum Gasteiger partial charge on any atom is 0.320 e. The van der Waals surface area contributed by atoms with Gasteiger partial charge < -0.3 is 14.0 Å². The standard InChI is InChI=1S/C30H30N2O4/c1-3-35-28(33)27(29(34)36-4-2)20-26-21-32(22-31-26)30(23-14-8-5-9-15-23,24-16-10-6-11-17-24)25-18-12-7-13-19-25/h5-19,21-22,27H,3-4,20H2,1-2H3. The molecule has 36 heavy (non-hydrogen) atoms. The predicted molar refractivity (Wildman–Crippen MR) is 137 cm³/mol. The van der Waals surface area contributed by atoms with Crippen LogP contribution in [-0.2, 0) is 31.0 Å². The summed E-state index contributed by atoms with van der Waals surface area (Å²) >= 11 is 0. The monoisotopic (exact) mass is 482 g/mol. The summed E-state index contributed by atoms with van der Waals surface area (Å²) in [7, 11) is 0. The first-order chi connectivity index (χ1) is 17.6. The summed E-state index contributed by atoms with van der Waals surface area (Å²) in [5, 5.41) is 0. The van der Waals surface area contributed by atoms with E-state index in [1.54, 1.807) is 20.2 Å². The van der Waals surface area contributed by atoms with Gasteiger partial charge in [-0.2, -0.15) is 0 Å². The van der Waals surface area contributed by atoms with Crippen LogP contribution in [0.25, 0.3) is 0 Å². The first-order valence-corrected chi connectivity index (χ1v) is 12.1. The van der Waals surface area contributed by atoms with Crippen LogP contribution >= 0.6 is 0 Å². The summed E-state index contributed by atoms with van der Waals surface area (Å²) in [5.74, 6) is -2.29. The Bertz CT molecular complexity index is 1160. The zero-order chi connectivity index (χ0) is 25.4. The highest BCUT2D eigenvalue weighted by Gasteiger charge is 2.39. The number of esters is 2. The van der Waals surface area contributed by atoms with Gasteiger partial charge in [0, 0.05) is 12.6 Å². The fourth-order valence-electron chi connectivity index (χ4n) is 4.60. The molecule has 6 nitrogen and oxygen atoms in total. The van der Waals surface area contributed by atoms with Gasteiger partial charge in [-0.15, -0.1) is 0 Å². The lowest BCUT2D eigenvalue weighted by Gasteiger charge is -2.37. The molecule has 6 heteroatoms. The van der Waals surface area contributed by atoms with Gasteiger partial charge in [0.25, 0.3) is 0 Å². The van der Waals surface area contributed by atoms with E-state index in [4.69, 9.17) is 9.47 Å². The molecule has 0 aliphatic heterocycles. The molecule has 0 saturated carbocycles. The van der Waals surface area contributed by atoms with Crippen molar-refractivity contribution in [2.75, 3.05) is 13.2 Å². The first kappa shape index (κ1) is 24.9. The van der Waals surface area contributed by atoms with Crippen molar-refractivity contribution >= 4 is 11.9 Å². The summed E-state index contributed by atoms with van der Waals surface area (Å²) in [6, 6.07) is 30.7. The molecule has 0 spiro atoms. The Morgan fingerprint density at radius 2 is 1.17 bits per heavy atom. The van der Waals surface area contributed by atoms with Gasteiger partial charge in [-0.1, -0.05) is 91.0 Å². The van der Waals surface area contributed by atoms with Crippen LogP contribution in [0.1, 0.15) is 36.2 Å². The summed E-state index contributed by atoms with van der Waals surface area (Å²) < 4.78 is 12.4. The third-order valence-corrected chi connectivity index (χ3v) is 6.15. The third kappa shape index (κ3) is 4.93. The number of rotatable bonds is 10. The quantitative estimate of drug-likeness (QED) is 0.181. The molecule has 0 radical (unpaired) electrons. The minimum absolute atomic E-state index is 0.0825. The second-order valence-corrected chi connectivity index (χ2v) is 8.34. The average Bonchev–Trinajstić information content (AvgIpc) is 3.39. The van der Waals surface area contributed by atoms with Gasteiger partial charge in [0.15, 0.2) is 5.92 Å². The lowest BCUT2D eigenvalue weighted by atomic mass is 9.77. The van der Waals surface area contributed by atoms with Gasteiger partial charge in [-0.05, 0) is 30.5 Å². The maximum atomic E-state index is 12.6. The molecule has 0 atom stereocenters. The number of carbonyl (C=O) groups excluding carboxylic acids is 2. The van der Waals surface area contributed by atoms with Crippen molar-refractivity contribution in [3.05, 3.63) is 126 Å². The van der Waals surface area contributed by atoms with E-state index in [9.17, 15) is 9.59 Å². The van der Waals surface area contributed by atoms with Crippen LogP contribution in [0, 0.1) is 5.92 Å². The van der Waals surface area contributed by atoms with E-state index in [0.717, 1.165) is 16.7 Å². The van der Waals surface area contributed by atoms with E-state index in [2.05, 4.69) is 45.9 Å². The van der Waals surface area contributed by atoms with Gasteiger partial charge in [0.1, 0.15) is 5.54 Å². The summed E-state index contributed by atoms with van der Waals surface area (Å²) in [5.41, 5.74) is 3.03. The van der Waals surface area contributed by atoms with Gasteiger partial charge in [0.2, 0.25) is 0 Å². The Kier molecular flexibility index (Phi) is 7.95. The Labute approximate surface area is 211 Å². The SMILES string of the molecule is CCOC(=O)C(Cc1cn(C(c2ccccc2)(c2ccccc2)c2ccccc2)cn1)C(=O)OCC. The number of hydrogen-bond acceptors (Lipinski definition) is 5. The molecule has 4 aromatic rings. The van der Waals surface area contributed by atoms with Crippen molar-refractivity contribution in [1.82, 2.24) is 9.55 Å². The van der Waals surface area contributed by atoms with Crippen molar-refractivity contribution in [1.29, 1.82) is 0 Å². The van der Waals surface area contributed by atoms with Crippen LogP contribution in [0.4, 0.5) is 0 Å². The van der Waals surface area contributed by atoms with E-state index in [1.807, 2.05) is 60.8 Å². The number of carbonyl (C=O) groups is 2. The van der Waals surface area contributed by atoms with Crippen molar-refractivity contribution in [3.63, 3.8) is 0 Å². The molecule has 0 fully saturated rings. The molecule has 1 aromatic heterocycles. The normalized spacial score (nSPS) is 11.3. The largest absolute Gasteiger partial charge is 0.465 e. The van der Waals surface area contributed by atoms with Crippen LogP contribution in [0.15, 0.2) is 104 Å². The number of hydrogen-bond donors (Lipinski definition) is 0. The van der Waals surface area contributed by atoms with Gasteiger partial charge in [0.05, 0.1) is 25.2 Å². The molecule has 0 saturated heterocycles. The highest BCUT2D eigenvalue weighted by Crippen LogP contribution is 2.40. The van der Waals surface area contributed by atoms with E-state index in [-0.39, 0.29) is 19.6 Å². The zero-order valence-corrected chi connectivity index (χ0v) is 20.5. The third-order valence-electron chi connectivity index (χ3n) is 6.15. The number of nitrogens with zero attached hydrogens (tertiary/aromatic N) is 2. The molecular weight excluding hydrogens is 452 g/mol. The molecule has 0 N–H and O–H groups in total. The minimum atomic E-state index is -1.08. The lowest BCUT2D eigenvalue weighted by Crippen LogP contribution is -2.37. The van der Waals surface area contributed by atoms with E-state index in [1.165, 1.54) is 0 Å². The number of ether oxygens (including phenoxy) is 2. The second-order valence-electron chi connectivity index (χ2n) is 8.34. The molecule has 184 valence electrons. The summed E-state index contributed by atoms with van der Waals surface area (Å²) in [6.07, 6.45) is 3.74. The molecular formula is C30H30N2O4. The van der Waals surface area contributed by atoms with E-state index in [0.29, 0.717) is 5.69 Å². The fourth-order valence-corrected chi connectivity index (χ4v) is 4.60. The van der Waals surface area contributed by atoms with Crippen LogP contribution in [0.2, 0.25) is 0 Å². The van der Waals surface area contributed by atoms with Gasteiger partial charge in [-0.25, -0.2) is 4.98 Å². The molecule has 0 aliphatic carbocycles. The Morgan fingerprint density at radius 3 is 1.56 bits per heavy atom.